The molecule has 1 amide bonds. The first-order valence-electron chi connectivity index (χ1n) is 7.89. The van der Waals surface area contributed by atoms with Crippen LogP contribution in [-0.2, 0) is 0 Å². The number of hydrogen-bond donors (Lipinski definition) is 1. The van der Waals surface area contributed by atoms with Gasteiger partial charge in [0.05, 0.1) is 5.71 Å². The molecule has 3 aromatic carbocycles. The molecular weight excluding hydrogens is 423 g/mol. The van der Waals surface area contributed by atoms with E-state index in [1.165, 1.54) is 5.56 Å². The summed E-state index contributed by atoms with van der Waals surface area (Å²) in [7, 11) is 0. The van der Waals surface area contributed by atoms with Gasteiger partial charge >= 0.3 is 0 Å². The predicted molar refractivity (Wildman–Crippen MR) is 111 cm³/mol. The molecule has 0 saturated heterocycles. The maximum atomic E-state index is 12.2. The van der Waals surface area contributed by atoms with E-state index in [9.17, 15) is 4.79 Å². The van der Waals surface area contributed by atoms with Crippen molar-refractivity contribution in [3.8, 4) is 11.1 Å². The Morgan fingerprint density at radius 1 is 0.840 bits per heavy atom. The Labute approximate surface area is 160 Å². The van der Waals surface area contributed by atoms with Crippen molar-refractivity contribution in [1.82, 2.24) is 5.43 Å². The van der Waals surface area contributed by atoms with Gasteiger partial charge in [-0.3, -0.25) is 4.79 Å². The first-order chi connectivity index (χ1) is 12.1. The molecule has 0 spiro atoms. The summed E-state index contributed by atoms with van der Waals surface area (Å²) in [4.78, 5) is 12.2. The molecule has 3 aromatic rings. The van der Waals surface area contributed by atoms with Gasteiger partial charge in [0.25, 0.3) is 5.91 Å². The monoisotopic (exact) mass is 440 g/mol. The number of nitrogens with one attached hydrogen (secondary N) is 1. The van der Waals surface area contributed by atoms with E-state index in [0.29, 0.717) is 5.56 Å². The first-order valence-corrected chi connectivity index (χ1v) is 8.97. The van der Waals surface area contributed by atoms with Crippen molar-refractivity contribution >= 4 is 34.2 Å². The van der Waals surface area contributed by atoms with Gasteiger partial charge in [0, 0.05) is 9.13 Å². The lowest BCUT2D eigenvalue weighted by Gasteiger charge is -2.05. The highest BCUT2D eigenvalue weighted by atomic mass is 127. The standard InChI is InChI=1S/C21H17IN2O/c1-15(23-24-21(25)19-8-5-9-20(22)14-19)16-10-12-18(13-11-16)17-6-3-2-4-7-17/h2-14H,1H3,(H,24,25)/b23-15-. The summed E-state index contributed by atoms with van der Waals surface area (Å²) >= 11 is 2.18. The van der Waals surface area contributed by atoms with Gasteiger partial charge in [-0.05, 0) is 64.4 Å². The summed E-state index contributed by atoms with van der Waals surface area (Å²) in [5, 5.41) is 4.22. The van der Waals surface area contributed by atoms with Crippen LogP contribution in [0.4, 0.5) is 0 Å². The molecule has 3 rings (SSSR count). The Balaban J connectivity index is 1.71. The van der Waals surface area contributed by atoms with Crippen LogP contribution in [0.25, 0.3) is 11.1 Å². The first kappa shape index (κ1) is 17.4. The highest BCUT2D eigenvalue weighted by Gasteiger charge is 2.05. The molecular formula is C21H17IN2O. The molecule has 124 valence electrons. The van der Waals surface area contributed by atoms with Crippen molar-refractivity contribution in [3.05, 3.63) is 93.6 Å². The smallest absolute Gasteiger partial charge is 0.267 e. The zero-order valence-electron chi connectivity index (χ0n) is 13.7. The van der Waals surface area contributed by atoms with Gasteiger partial charge in [-0.2, -0.15) is 5.10 Å². The minimum atomic E-state index is -0.209. The molecule has 0 atom stereocenters. The predicted octanol–water partition coefficient (Wildman–Crippen LogP) is 5.11. The number of rotatable bonds is 4. The molecule has 0 fully saturated rings. The van der Waals surface area contributed by atoms with Crippen LogP contribution in [0.2, 0.25) is 0 Å². The van der Waals surface area contributed by atoms with E-state index in [2.05, 4.69) is 57.4 Å². The molecule has 25 heavy (non-hydrogen) atoms. The van der Waals surface area contributed by atoms with Crippen LogP contribution < -0.4 is 5.43 Å². The van der Waals surface area contributed by atoms with Gasteiger partial charge in [0.2, 0.25) is 0 Å². The van der Waals surface area contributed by atoms with E-state index >= 15 is 0 Å². The third-order valence-corrected chi connectivity index (χ3v) is 4.49. The fourth-order valence-electron chi connectivity index (χ4n) is 2.43. The Morgan fingerprint density at radius 2 is 1.52 bits per heavy atom. The number of carbonyl (C=O) groups excluding carboxylic acids is 1. The molecule has 0 bridgehead atoms. The second kappa shape index (κ2) is 8.07. The summed E-state index contributed by atoms with van der Waals surface area (Å²) in [5.74, 6) is -0.209. The van der Waals surface area contributed by atoms with Gasteiger partial charge < -0.3 is 0 Å². The van der Waals surface area contributed by atoms with Crippen LogP contribution in [-0.4, -0.2) is 11.6 Å². The Hall–Kier alpha value is -2.47. The summed E-state index contributed by atoms with van der Waals surface area (Å²) < 4.78 is 1.02. The average molecular weight is 440 g/mol. The minimum absolute atomic E-state index is 0.209. The normalized spacial score (nSPS) is 11.2. The third-order valence-electron chi connectivity index (χ3n) is 3.82. The molecule has 0 aromatic heterocycles. The quantitative estimate of drug-likeness (QED) is 0.342. The maximum absolute atomic E-state index is 12.2. The molecule has 3 nitrogen and oxygen atoms in total. The maximum Gasteiger partial charge on any atom is 0.271 e. The number of amides is 1. The summed E-state index contributed by atoms with van der Waals surface area (Å²) in [6.45, 7) is 1.88. The molecule has 0 radical (unpaired) electrons. The molecule has 4 heteroatoms. The summed E-state index contributed by atoms with van der Waals surface area (Å²) in [5.41, 5.74) is 7.28. The number of halogens is 1. The lowest BCUT2D eigenvalue weighted by atomic mass is 10.0. The van der Waals surface area contributed by atoms with Crippen molar-refractivity contribution in [1.29, 1.82) is 0 Å². The third kappa shape index (κ3) is 4.54. The number of hydrazone groups is 1. The van der Waals surface area contributed by atoms with Crippen molar-refractivity contribution in [3.63, 3.8) is 0 Å². The summed E-state index contributed by atoms with van der Waals surface area (Å²) in [6.07, 6.45) is 0. The zero-order valence-corrected chi connectivity index (χ0v) is 15.9. The Morgan fingerprint density at radius 3 is 2.20 bits per heavy atom. The van der Waals surface area contributed by atoms with E-state index in [-0.39, 0.29) is 5.91 Å². The van der Waals surface area contributed by atoms with Crippen LogP contribution in [0.15, 0.2) is 84.0 Å². The Bertz CT molecular complexity index is 903. The van der Waals surface area contributed by atoms with E-state index in [1.807, 2.05) is 55.5 Å². The van der Waals surface area contributed by atoms with E-state index < -0.39 is 0 Å². The highest BCUT2D eigenvalue weighted by Crippen LogP contribution is 2.19. The van der Waals surface area contributed by atoms with E-state index in [4.69, 9.17) is 0 Å². The molecule has 0 saturated carbocycles. The number of carbonyl (C=O) groups is 1. The van der Waals surface area contributed by atoms with Crippen molar-refractivity contribution in [2.75, 3.05) is 0 Å². The van der Waals surface area contributed by atoms with Crippen molar-refractivity contribution in [2.24, 2.45) is 5.10 Å². The van der Waals surface area contributed by atoms with Crippen molar-refractivity contribution < 1.29 is 4.79 Å². The van der Waals surface area contributed by atoms with E-state index in [1.54, 1.807) is 6.07 Å². The van der Waals surface area contributed by atoms with E-state index in [0.717, 1.165) is 20.4 Å². The molecule has 0 aliphatic heterocycles. The number of benzene rings is 3. The lowest BCUT2D eigenvalue weighted by molar-refractivity contribution is 0.0955. The van der Waals surface area contributed by atoms with Gasteiger partial charge in [-0.25, -0.2) is 5.43 Å². The topological polar surface area (TPSA) is 41.5 Å². The van der Waals surface area contributed by atoms with Gasteiger partial charge in [-0.1, -0.05) is 60.7 Å². The molecule has 0 aliphatic carbocycles. The summed E-state index contributed by atoms with van der Waals surface area (Å²) in [6, 6.07) is 25.8. The fraction of sp³-hybridized carbons (Fsp3) is 0.0476. The van der Waals surface area contributed by atoms with Crippen LogP contribution in [0.5, 0.6) is 0 Å². The fourth-order valence-corrected chi connectivity index (χ4v) is 2.97. The largest absolute Gasteiger partial charge is 0.271 e. The molecule has 0 unspecified atom stereocenters. The zero-order chi connectivity index (χ0) is 17.6. The van der Waals surface area contributed by atoms with Gasteiger partial charge in [0.1, 0.15) is 0 Å². The second-order valence-electron chi connectivity index (χ2n) is 5.59. The lowest BCUT2D eigenvalue weighted by Crippen LogP contribution is -2.19. The Kier molecular flexibility index (Phi) is 5.60. The van der Waals surface area contributed by atoms with Crippen LogP contribution in [0.1, 0.15) is 22.8 Å². The minimum Gasteiger partial charge on any atom is -0.267 e. The second-order valence-corrected chi connectivity index (χ2v) is 6.84. The molecule has 1 N–H and O–H groups in total. The molecule has 0 aliphatic rings. The van der Waals surface area contributed by atoms with Gasteiger partial charge in [0.15, 0.2) is 0 Å². The number of hydrogen-bond acceptors (Lipinski definition) is 2. The molecule has 0 heterocycles. The number of nitrogens with zero attached hydrogens (tertiary/aromatic N) is 1. The SMILES string of the molecule is C/C(=N/NC(=O)c1cccc(I)c1)c1ccc(-c2ccccc2)cc1. The average Bonchev–Trinajstić information content (AvgIpc) is 2.66. The van der Waals surface area contributed by atoms with Crippen LogP contribution in [0.3, 0.4) is 0 Å². The van der Waals surface area contributed by atoms with Gasteiger partial charge in [-0.15, -0.1) is 0 Å². The highest BCUT2D eigenvalue weighted by molar-refractivity contribution is 14.1. The van der Waals surface area contributed by atoms with Crippen molar-refractivity contribution in [2.45, 2.75) is 6.92 Å². The van der Waals surface area contributed by atoms with Crippen LogP contribution >= 0.6 is 22.6 Å². The van der Waals surface area contributed by atoms with Crippen LogP contribution in [0, 0.1) is 3.57 Å².